The summed E-state index contributed by atoms with van der Waals surface area (Å²) in [6.07, 6.45) is 0. The Morgan fingerprint density at radius 2 is 2.00 bits per heavy atom. The van der Waals surface area contributed by atoms with Crippen molar-refractivity contribution in [1.82, 2.24) is 0 Å². The third-order valence-corrected chi connectivity index (χ3v) is 2.41. The van der Waals surface area contributed by atoms with E-state index >= 15 is 0 Å². The number of aliphatic hydroxyl groups is 1. The molecule has 2 heteroatoms. The SMILES string of the molecule is CC(CBr)C(C)(C)O. The first kappa shape index (κ1) is 8.44. The van der Waals surface area contributed by atoms with E-state index in [9.17, 15) is 5.11 Å². The standard InChI is InChI=1S/C6H13BrO/c1-5(4-7)6(2,3)8/h5,8H,4H2,1-3H3. The molecule has 0 aliphatic carbocycles. The van der Waals surface area contributed by atoms with E-state index in [2.05, 4.69) is 15.9 Å². The van der Waals surface area contributed by atoms with Gasteiger partial charge in [0.25, 0.3) is 0 Å². The molecule has 1 N–H and O–H groups in total. The van der Waals surface area contributed by atoms with Crippen molar-refractivity contribution in [1.29, 1.82) is 0 Å². The molecule has 0 fully saturated rings. The molecule has 1 nitrogen and oxygen atoms in total. The van der Waals surface area contributed by atoms with Gasteiger partial charge >= 0.3 is 0 Å². The molecule has 0 aromatic carbocycles. The predicted octanol–water partition coefficient (Wildman–Crippen LogP) is 1.79. The van der Waals surface area contributed by atoms with E-state index in [0.29, 0.717) is 5.92 Å². The molecule has 0 heterocycles. The summed E-state index contributed by atoms with van der Waals surface area (Å²) in [5.41, 5.74) is -0.538. The monoisotopic (exact) mass is 180 g/mol. The zero-order chi connectivity index (χ0) is 6.78. The van der Waals surface area contributed by atoms with Crippen LogP contribution in [0.25, 0.3) is 0 Å². The van der Waals surface area contributed by atoms with Gasteiger partial charge in [-0.05, 0) is 19.8 Å². The quantitative estimate of drug-likeness (QED) is 0.644. The number of hydrogen-bond donors (Lipinski definition) is 1. The number of alkyl halides is 1. The number of halogens is 1. The molecule has 0 radical (unpaired) electrons. The van der Waals surface area contributed by atoms with Gasteiger partial charge < -0.3 is 5.11 Å². The van der Waals surface area contributed by atoms with Gasteiger partial charge in [-0.15, -0.1) is 0 Å². The van der Waals surface area contributed by atoms with Crippen molar-refractivity contribution in [3.8, 4) is 0 Å². The summed E-state index contributed by atoms with van der Waals surface area (Å²) in [6.45, 7) is 5.65. The average Bonchev–Trinajstić information content (AvgIpc) is 1.62. The first-order valence-electron chi connectivity index (χ1n) is 2.77. The van der Waals surface area contributed by atoms with Crippen LogP contribution in [0.3, 0.4) is 0 Å². The Bertz CT molecular complexity index is 65.4. The average molecular weight is 181 g/mol. The molecule has 0 amide bonds. The lowest BCUT2D eigenvalue weighted by Crippen LogP contribution is -2.29. The van der Waals surface area contributed by atoms with Crippen LogP contribution < -0.4 is 0 Å². The number of hydrogen-bond acceptors (Lipinski definition) is 1. The zero-order valence-electron chi connectivity index (χ0n) is 5.61. The maximum absolute atomic E-state index is 9.26. The van der Waals surface area contributed by atoms with Crippen LogP contribution in [-0.2, 0) is 0 Å². The molecule has 0 rings (SSSR count). The van der Waals surface area contributed by atoms with E-state index in [1.54, 1.807) is 0 Å². The molecule has 0 spiro atoms. The second kappa shape index (κ2) is 2.83. The van der Waals surface area contributed by atoms with Crippen molar-refractivity contribution in [2.75, 3.05) is 5.33 Å². The maximum atomic E-state index is 9.26. The Morgan fingerprint density at radius 1 is 1.62 bits per heavy atom. The van der Waals surface area contributed by atoms with Crippen LogP contribution in [0.2, 0.25) is 0 Å². The van der Waals surface area contributed by atoms with Crippen molar-refractivity contribution in [3.05, 3.63) is 0 Å². The second-order valence-corrected chi connectivity index (χ2v) is 3.36. The van der Waals surface area contributed by atoms with Gasteiger partial charge in [0.15, 0.2) is 0 Å². The zero-order valence-corrected chi connectivity index (χ0v) is 7.20. The molecule has 0 aliphatic rings. The lowest BCUT2D eigenvalue weighted by molar-refractivity contribution is 0.0351. The van der Waals surface area contributed by atoms with Crippen molar-refractivity contribution in [2.24, 2.45) is 5.92 Å². The third-order valence-electron chi connectivity index (χ3n) is 1.44. The van der Waals surface area contributed by atoms with E-state index < -0.39 is 5.60 Å². The van der Waals surface area contributed by atoms with Crippen LogP contribution in [0.1, 0.15) is 20.8 Å². The van der Waals surface area contributed by atoms with Gasteiger partial charge in [0.2, 0.25) is 0 Å². The first-order valence-corrected chi connectivity index (χ1v) is 3.89. The van der Waals surface area contributed by atoms with Gasteiger partial charge in [0.1, 0.15) is 0 Å². The molecule has 0 aromatic heterocycles. The van der Waals surface area contributed by atoms with Crippen LogP contribution >= 0.6 is 15.9 Å². The normalized spacial score (nSPS) is 16.1. The lowest BCUT2D eigenvalue weighted by Gasteiger charge is -2.23. The van der Waals surface area contributed by atoms with Crippen molar-refractivity contribution < 1.29 is 5.11 Å². The maximum Gasteiger partial charge on any atom is 0.0625 e. The largest absolute Gasteiger partial charge is 0.390 e. The highest BCUT2D eigenvalue weighted by Crippen LogP contribution is 2.16. The Hall–Kier alpha value is 0.440. The Labute approximate surface area is 59.2 Å². The van der Waals surface area contributed by atoms with Crippen LogP contribution in [-0.4, -0.2) is 16.0 Å². The summed E-state index contributed by atoms with van der Waals surface area (Å²) in [6, 6.07) is 0. The molecule has 0 aliphatic heterocycles. The Morgan fingerprint density at radius 3 is 2.00 bits per heavy atom. The van der Waals surface area contributed by atoms with E-state index in [0.717, 1.165) is 5.33 Å². The predicted molar refractivity (Wildman–Crippen MR) is 39.3 cm³/mol. The van der Waals surface area contributed by atoms with Crippen molar-refractivity contribution >= 4 is 15.9 Å². The molecule has 0 aromatic rings. The molecular weight excluding hydrogens is 168 g/mol. The molecular formula is C6H13BrO. The molecule has 0 saturated carbocycles. The molecule has 0 saturated heterocycles. The molecule has 8 heavy (non-hydrogen) atoms. The fourth-order valence-corrected chi connectivity index (χ4v) is 0.981. The first-order chi connectivity index (χ1) is 3.48. The van der Waals surface area contributed by atoms with E-state index in [1.807, 2.05) is 20.8 Å². The van der Waals surface area contributed by atoms with Crippen molar-refractivity contribution in [2.45, 2.75) is 26.4 Å². The molecule has 1 atom stereocenters. The molecule has 50 valence electrons. The van der Waals surface area contributed by atoms with Crippen LogP contribution in [0.4, 0.5) is 0 Å². The van der Waals surface area contributed by atoms with E-state index in [1.165, 1.54) is 0 Å². The lowest BCUT2D eigenvalue weighted by atomic mass is 9.95. The highest BCUT2D eigenvalue weighted by molar-refractivity contribution is 9.09. The minimum Gasteiger partial charge on any atom is -0.390 e. The summed E-state index contributed by atoms with van der Waals surface area (Å²) in [4.78, 5) is 0. The summed E-state index contributed by atoms with van der Waals surface area (Å²) in [7, 11) is 0. The van der Waals surface area contributed by atoms with Crippen molar-refractivity contribution in [3.63, 3.8) is 0 Å². The second-order valence-electron chi connectivity index (χ2n) is 2.71. The smallest absolute Gasteiger partial charge is 0.0625 e. The molecule has 0 bridgehead atoms. The van der Waals surface area contributed by atoms with E-state index in [-0.39, 0.29) is 0 Å². The highest BCUT2D eigenvalue weighted by atomic mass is 79.9. The van der Waals surface area contributed by atoms with Crippen LogP contribution in [0.5, 0.6) is 0 Å². The van der Waals surface area contributed by atoms with Gasteiger partial charge in [-0.1, -0.05) is 22.9 Å². The summed E-state index contributed by atoms with van der Waals surface area (Å²) in [5, 5.41) is 10.1. The van der Waals surface area contributed by atoms with E-state index in [4.69, 9.17) is 0 Å². The summed E-state index contributed by atoms with van der Waals surface area (Å²) in [5.74, 6) is 0.322. The topological polar surface area (TPSA) is 20.2 Å². The minimum atomic E-state index is -0.538. The molecule has 1 unspecified atom stereocenters. The Kier molecular flexibility index (Phi) is 2.99. The van der Waals surface area contributed by atoms with Crippen LogP contribution in [0, 0.1) is 5.92 Å². The van der Waals surface area contributed by atoms with Gasteiger partial charge in [0.05, 0.1) is 5.60 Å². The fraction of sp³-hybridized carbons (Fsp3) is 1.00. The summed E-state index contributed by atoms with van der Waals surface area (Å²) < 4.78 is 0. The van der Waals surface area contributed by atoms with Gasteiger partial charge in [-0.25, -0.2) is 0 Å². The fourth-order valence-electron chi connectivity index (χ4n) is 0.189. The highest BCUT2D eigenvalue weighted by Gasteiger charge is 2.20. The van der Waals surface area contributed by atoms with Gasteiger partial charge in [0, 0.05) is 5.33 Å². The third kappa shape index (κ3) is 2.68. The Balaban J connectivity index is 3.62. The van der Waals surface area contributed by atoms with Crippen LogP contribution in [0.15, 0.2) is 0 Å². The van der Waals surface area contributed by atoms with Gasteiger partial charge in [-0.2, -0.15) is 0 Å². The van der Waals surface area contributed by atoms with Gasteiger partial charge in [-0.3, -0.25) is 0 Å². The number of rotatable bonds is 2. The minimum absolute atomic E-state index is 0.322. The summed E-state index contributed by atoms with van der Waals surface area (Å²) >= 11 is 3.29.